The minimum Gasteiger partial charge on any atom is -0.308 e. The first-order valence-electron chi connectivity index (χ1n) is 8.38. The molecule has 2 aromatic heterocycles. The molecule has 2 amide bonds. The quantitative estimate of drug-likeness (QED) is 0.553. The van der Waals surface area contributed by atoms with Gasteiger partial charge in [-0.2, -0.15) is 0 Å². The van der Waals surface area contributed by atoms with Crippen molar-refractivity contribution in [2.24, 2.45) is 0 Å². The van der Waals surface area contributed by atoms with Crippen LogP contribution in [0.5, 0.6) is 0 Å². The van der Waals surface area contributed by atoms with Gasteiger partial charge in [0, 0.05) is 17.4 Å². The topological polar surface area (TPSA) is 58.4 Å². The van der Waals surface area contributed by atoms with Crippen molar-refractivity contribution in [3.8, 4) is 11.3 Å². The van der Waals surface area contributed by atoms with Crippen molar-refractivity contribution < 1.29 is 4.79 Å². The highest BCUT2D eigenvalue weighted by atomic mass is 16.2. The minimum absolute atomic E-state index is 0.309. The van der Waals surface area contributed by atoms with Crippen LogP contribution in [0.25, 0.3) is 16.9 Å². The summed E-state index contributed by atoms with van der Waals surface area (Å²) in [5.74, 6) is 0.636. The molecule has 26 heavy (non-hydrogen) atoms. The lowest BCUT2D eigenvalue weighted by Crippen LogP contribution is -2.20. The minimum atomic E-state index is -0.309. The second kappa shape index (κ2) is 6.72. The predicted octanol–water partition coefficient (Wildman–Crippen LogP) is 4.95. The van der Waals surface area contributed by atoms with Crippen LogP contribution >= 0.6 is 0 Å². The molecule has 0 fully saturated rings. The molecule has 128 valence electrons. The Morgan fingerprint density at radius 1 is 0.885 bits per heavy atom. The summed E-state index contributed by atoms with van der Waals surface area (Å²) in [6, 6.07) is 22.9. The first-order valence-corrected chi connectivity index (χ1v) is 8.38. The Labute approximate surface area is 151 Å². The monoisotopic (exact) mass is 342 g/mol. The van der Waals surface area contributed by atoms with Crippen LogP contribution < -0.4 is 10.6 Å². The molecule has 2 heterocycles. The number of hydrogen-bond acceptors (Lipinski definition) is 2. The van der Waals surface area contributed by atoms with Crippen LogP contribution in [-0.2, 0) is 0 Å². The van der Waals surface area contributed by atoms with E-state index >= 15 is 0 Å². The van der Waals surface area contributed by atoms with E-state index in [2.05, 4.69) is 15.6 Å². The average Bonchev–Trinajstić information content (AvgIpc) is 3.03. The molecular weight excluding hydrogens is 324 g/mol. The van der Waals surface area contributed by atoms with E-state index in [1.165, 1.54) is 0 Å². The Bertz CT molecular complexity index is 1050. The summed E-state index contributed by atoms with van der Waals surface area (Å²) in [5.41, 5.74) is 4.34. The lowest BCUT2D eigenvalue weighted by Gasteiger charge is -2.09. The summed E-state index contributed by atoms with van der Waals surface area (Å²) in [6.45, 7) is 2.01. The Hall–Kier alpha value is -3.60. The third kappa shape index (κ3) is 3.15. The molecule has 5 nitrogen and oxygen atoms in total. The average molecular weight is 342 g/mol. The van der Waals surface area contributed by atoms with Crippen molar-refractivity contribution in [1.82, 2.24) is 9.38 Å². The maximum absolute atomic E-state index is 12.5. The van der Waals surface area contributed by atoms with Gasteiger partial charge in [-0.15, -0.1) is 0 Å². The van der Waals surface area contributed by atoms with Crippen molar-refractivity contribution in [2.45, 2.75) is 6.92 Å². The number of carbonyl (C=O) groups excluding carboxylic acids is 1. The van der Waals surface area contributed by atoms with Crippen LogP contribution in [0.4, 0.5) is 16.3 Å². The Balaban J connectivity index is 1.68. The third-order valence-corrected chi connectivity index (χ3v) is 4.12. The number of fused-ring (bicyclic) bond motifs is 1. The molecule has 0 saturated carbocycles. The number of amides is 2. The second-order valence-electron chi connectivity index (χ2n) is 6.05. The predicted molar refractivity (Wildman–Crippen MR) is 104 cm³/mol. The van der Waals surface area contributed by atoms with Gasteiger partial charge in [0.25, 0.3) is 0 Å². The number of aromatic nitrogens is 2. The number of urea groups is 1. The number of anilines is 2. The second-order valence-corrected chi connectivity index (χ2v) is 6.05. The first kappa shape index (κ1) is 15.9. The van der Waals surface area contributed by atoms with Crippen LogP contribution in [0.15, 0.2) is 79.0 Å². The molecule has 0 unspecified atom stereocenters. The van der Waals surface area contributed by atoms with Crippen molar-refractivity contribution in [3.63, 3.8) is 0 Å². The Kier molecular flexibility index (Phi) is 4.11. The van der Waals surface area contributed by atoms with Gasteiger partial charge in [0.1, 0.15) is 17.2 Å². The zero-order valence-electron chi connectivity index (χ0n) is 14.3. The van der Waals surface area contributed by atoms with Gasteiger partial charge >= 0.3 is 6.03 Å². The van der Waals surface area contributed by atoms with Crippen molar-refractivity contribution in [1.29, 1.82) is 0 Å². The summed E-state index contributed by atoms with van der Waals surface area (Å²) in [6.07, 6.45) is 1.89. The fourth-order valence-electron chi connectivity index (χ4n) is 2.82. The van der Waals surface area contributed by atoms with Crippen molar-refractivity contribution in [3.05, 3.63) is 84.6 Å². The van der Waals surface area contributed by atoms with Gasteiger partial charge < -0.3 is 5.32 Å². The highest BCUT2D eigenvalue weighted by Gasteiger charge is 2.16. The van der Waals surface area contributed by atoms with Crippen molar-refractivity contribution in [2.75, 3.05) is 10.6 Å². The maximum atomic E-state index is 12.5. The van der Waals surface area contributed by atoms with Gasteiger partial charge in [0.2, 0.25) is 0 Å². The summed E-state index contributed by atoms with van der Waals surface area (Å²) < 4.78 is 1.87. The number of nitrogens with zero attached hydrogens (tertiary/aromatic N) is 2. The number of hydrogen-bond donors (Lipinski definition) is 2. The lowest BCUT2D eigenvalue weighted by molar-refractivity contribution is 0.262. The normalized spacial score (nSPS) is 10.7. The van der Waals surface area contributed by atoms with Gasteiger partial charge in [0.05, 0.1) is 0 Å². The van der Waals surface area contributed by atoms with Gasteiger partial charge in [-0.05, 0) is 31.2 Å². The highest BCUT2D eigenvalue weighted by molar-refractivity contribution is 6.01. The molecule has 2 N–H and O–H groups in total. The van der Waals surface area contributed by atoms with Crippen LogP contribution in [-0.4, -0.2) is 15.4 Å². The third-order valence-electron chi connectivity index (χ3n) is 4.12. The number of carbonyl (C=O) groups is 1. The molecule has 0 atom stereocenters. The molecule has 0 spiro atoms. The fraction of sp³-hybridized carbons (Fsp3) is 0.0476. The van der Waals surface area contributed by atoms with E-state index in [4.69, 9.17) is 0 Å². The van der Waals surface area contributed by atoms with Gasteiger partial charge in [-0.25, -0.2) is 9.78 Å². The number of imidazole rings is 1. The standard InChI is InChI=1S/C21H18N4O/c1-15-10-12-17(13-11-15)22-21(26)24-20-19(16-7-3-2-4-8-16)23-18-9-5-6-14-25(18)20/h2-14H,1H3,(H2,22,24,26). The molecular formula is C21H18N4O. The Morgan fingerprint density at radius 3 is 2.38 bits per heavy atom. The van der Waals surface area contributed by atoms with E-state index in [-0.39, 0.29) is 6.03 Å². The Morgan fingerprint density at radius 2 is 1.62 bits per heavy atom. The maximum Gasteiger partial charge on any atom is 0.324 e. The summed E-state index contributed by atoms with van der Waals surface area (Å²) in [5, 5.41) is 5.81. The molecule has 0 aliphatic rings. The number of aryl methyl sites for hydroxylation is 1. The molecule has 0 aliphatic heterocycles. The van der Waals surface area contributed by atoms with E-state index in [0.717, 1.165) is 28.2 Å². The number of nitrogens with one attached hydrogen (secondary N) is 2. The van der Waals surface area contributed by atoms with Gasteiger partial charge in [-0.3, -0.25) is 9.72 Å². The number of pyridine rings is 1. The SMILES string of the molecule is Cc1ccc(NC(=O)Nc2c(-c3ccccc3)nc3ccccn23)cc1. The molecule has 0 bridgehead atoms. The fourth-order valence-corrected chi connectivity index (χ4v) is 2.82. The summed E-state index contributed by atoms with van der Waals surface area (Å²) >= 11 is 0. The summed E-state index contributed by atoms with van der Waals surface area (Å²) in [7, 11) is 0. The zero-order valence-corrected chi connectivity index (χ0v) is 14.3. The molecule has 5 heteroatoms. The van der Waals surface area contributed by atoms with Crippen LogP contribution in [0.3, 0.4) is 0 Å². The molecule has 4 aromatic rings. The van der Waals surface area contributed by atoms with E-state index in [9.17, 15) is 4.79 Å². The largest absolute Gasteiger partial charge is 0.324 e. The van der Waals surface area contributed by atoms with Crippen molar-refractivity contribution >= 4 is 23.2 Å². The van der Waals surface area contributed by atoms with E-state index < -0.39 is 0 Å². The smallest absolute Gasteiger partial charge is 0.308 e. The van der Waals surface area contributed by atoms with E-state index in [0.29, 0.717) is 5.82 Å². The van der Waals surface area contributed by atoms with Crippen LogP contribution in [0.1, 0.15) is 5.56 Å². The van der Waals surface area contributed by atoms with E-state index in [1.54, 1.807) is 0 Å². The number of rotatable bonds is 3. The molecule has 0 radical (unpaired) electrons. The van der Waals surface area contributed by atoms with E-state index in [1.807, 2.05) is 90.3 Å². The molecule has 2 aromatic carbocycles. The highest BCUT2D eigenvalue weighted by Crippen LogP contribution is 2.28. The first-order chi connectivity index (χ1) is 12.7. The van der Waals surface area contributed by atoms with Crippen LogP contribution in [0.2, 0.25) is 0 Å². The molecule has 0 aliphatic carbocycles. The number of benzene rings is 2. The molecule has 4 rings (SSSR count). The van der Waals surface area contributed by atoms with Crippen LogP contribution in [0, 0.1) is 6.92 Å². The zero-order chi connectivity index (χ0) is 17.9. The molecule has 0 saturated heterocycles. The van der Waals surface area contributed by atoms with Gasteiger partial charge in [-0.1, -0.05) is 54.1 Å². The van der Waals surface area contributed by atoms with Gasteiger partial charge in [0.15, 0.2) is 0 Å². The summed E-state index contributed by atoms with van der Waals surface area (Å²) in [4.78, 5) is 17.2. The lowest BCUT2D eigenvalue weighted by atomic mass is 10.1.